The SMILES string of the molecule is c1ccc(-c2ccc(N(c3ccccc3-c3ccc4ccccc4c3)c3cccc4c3-c3ccccc3C43c4ccccc4-c4ccccc43)c3c2oc2ccccc23)cc1. The number of para-hydroxylation sites is 2. The van der Waals surface area contributed by atoms with Crippen LogP contribution in [0, 0.1) is 0 Å². The molecule has 0 saturated heterocycles. The Balaban J connectivity index is 1.16. The lowest BCUT2D eigenvalue weighted by Gasteiger charge is -2.32. The first-order valence-corrected chi connectivity index (χ1v) is 21.1. The van der Waals surface area contributed by atoms with Crippen molar-refractivity contribution in [3.05, 3.63) is 247 Å². The first-order valence-electron chi connectivity index (χ1n) is 21.1. The number of hydrogen-bond donors (Lipinski definition) is 0. The van der Waals surface area contributed by atoms with Crippen LogP contribution in [-0.2, 0) is 5.41 Å². The summed E-state index contributed by atoms with van der Waals surface area (Å²) in [6.45, 7) is 0. The van der Waals surface area contributed by atoms with Crippen molar-refractivity contribution in [3.8, 4) is 44.5 Å². The van der Waals surface area contributed by atoms with E-state index >= 15 is 0 Å². The van der Waals surface area contributed by atoms with Gasteiger partial charge in [0.1, 0.15) is 11.2 Å². The predicted molar refractivity (Wildman–Crippen MR) is 253 cm³/mol. The van der Waals surface area contributed by atoms with Crippen LogP contribution in [0.1, 0.15) is 22.3 Å². The Bertz CT molecular complexity index is 3510. The van der Waals surface area contributed by atoms with Gasteiger partial charge in [0.25, 0.3) is 0 Å². The van der Waals surface area contributed by atoms with E-state index in [4.69, 9.17) is 4.42 Å². The maximum Gasteiger partial charge on any atom is 0.145 e. The smallest absolute Gasteiger partial charge is 0.145 e. The third-order valence-electron chi connectivity index (χ3n) is 13.3. The normalized spacial score (nSPS) is 13.0. The fourth-order valence-corrected chi connectivity index (χ4v) is 10.8. The van der Waals surface area contributed by atoms with E-state index in [1.54, 1.807) is 0 Å². The van der Waals surface area contributed by atoms with Gasteiger partial charge in [-0.1, -0.05) is 188 Å². The van der Waals surface area contributed by atoms with Gasteiger partial charge in [-0.05, 0) is 97.2 Å². The minimum atomic E-state index is -0.479. The summed E-state index contributed by atoms with van der Waals surface area (Å²) >= 11 is 0. The van der Waals surface area contributed by atoms with E-state index in [0.29, 0.717) is 0 Å². The molecule has 0 N–H and O–H groups in total. The third-order valence-corrected chi connectivity index (χ3v) is 13.3. The second kappa shape index (κ2) is 13.0. The number of furan rings is 1. The van der Waals surface area contributed by atoms with Gasteiger partial charge in [-0.25, -0.2) is 0 Å². The quantitative estimate of drug-likeness (QED) is 0.173. The molecule has 0 fully saturated rings. The molecule has 2 nitrogen and oxygen atoms in total. The molecule has 0 saturated carbocycles. The topological polar surface area (TPSA) is 16.4 Å². The first kappa shape index (κ1) is 34.0. The minimum absolute atomic E-state index is 0.479. The van der Waals surface area contributed by atoms with Crippen LogP contribution in [0.3, 0.4) is 0 Å². The number of anilines is 3. The molecule has 2 aliphatic rings. The fourth-order valence-electron chi connectivity index (χ4n) is 10.8. The Kier molecular flexibility index (Phi) is 7.26. The Morgan fingerprint density at radius 1 is 0.344 bits per heavy atom. The summed E-state index contributed by atoms with van der Waals surface area (Å²) in [5.74, 6) is 0. The van der Waals surface area contributed by atoms with Crippen LogP contribution in [0.5, 0.6) is 0 Å². The highest BCUT2D eigenvalue weighted by molar-refractivity contribution is 6.18. The molecule has 0 bridgehead atoms. The molecule has 13 rings (SSSR count). The van der Waals surface area contributed by atoms with Crippen LogP contribution in [0.15, 0.2) is 229 Å². The lowest BCUT2D eigenvalue weighted by molar-refractivity contribution is 0.670. The molecule has 10 aromatic carbocycles. The largest absolute Gasteiger partial charge is 0.455 e. The summed E-state index contributed by atoms with van der Waals surface area (Å²) < 4.78 is 6.94. The summed E-state index contributed by atoms with van der Waals surface area (Å²) in [6, 6.07) is 82.3. The summed E-state index contributed by atoms with van der Waals surface area (Å²) in [7, 11) is 0. The average molecular weight is 776 g/mol. The Hall–Kier alpha value is -7.94. The van der Waals surface area contributed by atoms with Gasteiger partial charge in [0.2, 0.25) is 0 Å². The highest BCUT2D eigenvalue weighted by Crippen LogP contribution is 2.65. The van der Waals surface area contributed by atoms with Gasteiger partial charge >= 0.3 is 0 Å². The van der Waals surface area contributed by atoms with Gasteiger partial charge < -0.3 is 9.32 Å². The van der Waals surface area contributed by atoms with Gasteiger partial charge in [-0.3, -0.25) is 0 Å². The molecule has 0 unspecified atom stereocenters. The van der Waals surface area contributed by atoms with Crippen molar-refractivity contribution < 1.29 is 4.42 Å². The van der Waals surface area contributed by atoms with Gasteiger partial charge in [0, 0.05) is 22.1 Å². The molecule has 2 aliphatic carbocycles. The molecule has 61 heavy (non-hydrogen) atoms. The van der Waals surface area contributed by atoms with Gasteiger partial charge in [-0.15, -0.1) is 0 Å². The summed E-state index contributed by atoms with van der Waals surface area (Å²) in [4.78, 5) is 2.53. The molecular weight excluding hydrogens is 739 g/mol. The molecule has 1 spiro atoms. The van der Waals surface area contributed by atoms with Crippen LogP contribution < -0.4 is 4.90 Å². The van der Waals surface area contributed by atoms with Crippen LogP contribution in [0.25, 0.3) is 77.2 Å². The van der Waals surface area contributed by atoms with Crippen molar-refractivity contribution in [1.82, 2.24) is 0 Å². The zero-order valence-corrected chi connectivity index (χ0v) is 33.2. The van der Waals surface area contributed by atoms with E-state index in [-0.39, 0.29) is 0 Å². The number of fused-ring (bicyclic) bond motifs is 14. The molecule has 0 radical (unpaired) electrons. The van der Waals surface area contributed by atoms with Crippen LogP contribution in [-0.4, -0.2) is 0 Å². The average Bonchev–Trinajstić information content (AvgIpc) is 3.97. The van der Waals surface area contributed by atoms with Crippen LogP contribution in [0.4, 0.5) is 17.1 Å². The van der Waals surface area contributed by atoms with Crippen LogP contribution >= 0.6 is 0 Å². The molecule has 11 aromatic rings. The molecule has 1 aromatic heterocycles. The second-order valence-electron chi connectivity index (χ2n) is 16.3. The van der Waals surface area contributed by atoms with Crippen molar-refractivity contribution in [2.75, 3.05) is 4.90 Å². The molecule has 1 heterocycles. The highest BCUT2D eigenvalue weighted by Gasteiger charge is 2.52. The lowest BCUT2D eigenvalue weighted by Crippen LogP contribution is -2.26. The molecule has 0 aliphatic heterocycles. The van der Waals surface area contributed by atoms with Crippen LogP contribution in [0.2, 0.25) is 0 Å². The lowest BCUT2D eigenvalue weighted by atomic mass is 9.70. The molecular formula is C59H37NO. The minimum Gasteiger partial charge on any atom is -0.455 e. The maximum absolute atomic E-state index is 6.94. The zero-order valence-electron chi connectivity index (χ0n) is 33.2. The van der Waals surface area contributed by atoms with E-state index in [2.05, 4.69) is 229 Å². The van der Waals surface area contributed by atoms with E-state index in [1.807, 2.05) is 0 Å². The van der Waals surface area contributed by atoms with Gasteiger partial charge in [-0.2, -0.15) is 0 Å². The Morgan fingerprint density at radius 3 is 1.72 bits per heavy atom. The summed E-state index contributed by atoms with van der Waals surface area (Å²) in [5.41, 5.74) is 19.4. The zero-order chi connectivity index (χ0) is 40.1. The number of rotatable bonds is 5. The Labute approximate surface area is 354 Å². The third kappa shape index (κ3) is 4.73. The van der Waals surface area contributed by atoms with Crippen molar-refractivity contribution in [1.29, 1.82) is 0 Å². The fraction of sp³-hybridized carbons (Fsp3) is 0.0169. The first-order chi connectivity index (χ1) is 30.3. The van der Waals surface area contributed by atoms with E-state index in [9.17, 15) is 0 Å². The molecule has 0 atom stereocenters. The predicted octanol–water partition coefficient (Wildman–Crippen LogP) is 15.9. The molecule has 284 valence electrons. The molecule has 0 amide bonds. The second-order valence-corrected chi connectivity index (χ2v) is 16.3. The van der Waals surface area contributed by atoms with Gasteiger partial charge in [0.15, 0.2) is 0 Å². The number of benzene rings is 10. The van der Waals surface area contributed by atoms with E-state index in [0.717, 1.165) is 61.3 Å². The van der Waals surface area contributed by atoms with Gasteiger partial charge in [0.05, 0.1) is 27.9 Å². The van der Waals surface area contributed by atoms with E-state index < -0.39 is 5.41 Å². The highest BCUT2D eigenvalue weighted by atomic mass is 16.3. The van der Waals surface area contributed by atoms with Crippen molar-refractivity contribution >= 4 is 49.8 Å². The number of nitrogens with zero attached hydrogens (tertiary/aromatic N) is 1. The van der Waals surface area contributed by atoms with E-state index in [1.165, 1.54) is 55.3 Å². The number of hydrogen-bond acceptors (Lipinski definition) is 2. The monoisotopic (exact) mass is 775 g/mol. The molecule has 2 heteroatoms. The van der Waals surface area contributed by atoms with Crippen molar-refractivity contribution in [2.45, 2.75) is 5.41 Å². The standard InChI is InChI=1S/C59H37NO/c1-2-18-39(19-3-1)43-35-36-54(57-47-25-10-15-32-55(47)61-58(43)57)60(52-30-14-9-21-42(52)41-34-33-38-17-4-5-20-40(38)37-41)53-31-16-29-51-56(53)46-24-8-13-28-50(46)59(51)48-26-11-6-22-44(48)45-23-7-12-27-49(45)59/h1-37H. The summed E-state index contributed by atoms with van der Waals surface area (Å²) in [6.07, 6.45) is 0. The van der Waals surface area contributed by atoms with Crippen molar-refractivity contribution in [3.63, 3.8) is 0 Å². The maximum atomic E-state index is 6.94. The van der Waals surface area contributed by atoms with Crippen molar-refractivity contribution in [2.24, 2.45) is 0 Å². The Morgan fingerprint density at radius 2 is 0.934 bits per heavy atom. The summed E-state index contributed by atoms with van der Waals surface area (Å²) in [5, 5.41) is 4.61.